The summed E-state index contributed by atoms with van der Waals surface area (Å²) in [4.78, 5) is 15.3. The van der Waals surface area contributed by atoms with E-state index >= 15 is 0 Å². The van der Waals surface area contributed by atoms with E-state index < -0.39 is 5.97 Å². The highest BCUT2D eigenvalue weighted by molar-refractivity contribution is 7.99. The summed E-state index contributed by atoms with van der Waals surface area (Å²) in [6.45, 7) is 1.84. The lowest BCUT2D eigenvalue weighted by Crippen LogP contribution is -2.38. The van der Waals surface area contributed by atoms with Crippen molar-refractivity contribution in [1.82, 2.24) is 4.90 Å². The first-order valence-corrected chi connectivity index (χ1v) is 9.45. The number of carboxylic acid groups (broad SMARTS) is 1. The summed E-state index contributed by atoms with van der Waals surface area (Å²) < 4.78 is 5.94. The summed E-state index contributed by atoms with van der Waals surface area (Å²) in [6.07, 6.45) is 1.63. The molecule has 0 radical (unpaired) electrons. The third kappa shape index (κ3) is 4.91. The zero-order valence-corrected chi connectivity index (χ0v) is 15.3. The molecule has 0 saturated carbocycles. The molecule has 0 spiro atoms. The molecule has 132 valence electrons. The summed E-state index contributed by atoms with van der Waals surface area (Å²) in [5.41, 5.74) is 0. The summed E-state index contributed by atoms with van der Waals surface area (Å²) in [5.74, 6) is -0.0204. The third-order valence-corrected chi connectivity index (χ3v) is 5.46. The van der Waals surface area contributed by atoms with Gasteiger partial charge in [-0.3, -0.25) is 9.69 Å². The lowest BCUT2D eigenvalue weighted by Gasteiger charge is -2.21. The van der Waals surface area contributed by atoms with Crippen molar-refractivity contribution in [3.63, 3.8) is 0 Å². The Morgan fingerprint density at radius 3 is 2.84 bits per heavy atom. The third-order valence-electron chi connectivity index (χ3n) is 4.16. The molecule has 1 saturated heterocycles. The second-order valence-electron chi connectivity index (χ2n) is 5.89. The number of hydrogen-bond acceptors (Lipinski definition) is 4. The zero-order valence-electron chi connectivity index (χ0n) is 13.7. The predicted molar refractivity (Wildman–Crippen MR) is 99.7 cm³/mol. The molecule has 6 heteroatoms. The van der Waals surface area contributed by atoms with Gasteiger partial charge in [0, 0.05) is 16.5 Å². The Bertz CT molecular complexity index is 726. The van der Waals surface area contributed by atoms with Crippen LogP contribution in [0.3, 0.4) is 0 Å². The van der Waals surface area contributed by atoms with E-state index in [4.69, 9.17) is 16.3 Å². The Balaban J connectivity index is 1.63. The quantitative estimate of drug-likeness (QED) is 0.774. The molecule has 1 atom stereocenters. The van der Waals surface area contributed by atoms with Gasteiger partial charge in [-0.1, -0.05) is 41.6 Å². The van der Waals surface area contributed by atoms with Gasteiger partial charge < -0.3 is 9.84 Å². The highest BCUT2D eigenvalue weighted by Crippen LogP contribution is 2.36. The standard InChI is InChI=1S/C19H20ClNO3S/c20-14-8-9-18(25-15-5-2-1-3-6-15)17(13-14)24-12-11-21-10-4-7-16(21)19(22)23/h1-3,5-6,8-9,13,16H,4,7,10-12H2,(H,22,23). The average Bonchev–Trinajstić information content (AvgIpc) is 3.07. The molecule has 1 heterocycles. The Labute approximate surface area is 156 Å². The first-order valence-electron chi connectivity index (χ1n) is 8.25. The maximum Gasteiger partial charge on any atom is 0.320 e. The predicted octanol–water partition coefficient (Wildman–Crippen LogP) is 4.42. The fourth-order valence-electron chi connectivity index (χ4n) is 2.94. The van der Waals surface area contributed by atoms with Crippen LogP contribution in [0.15, 0.2) is 58.3 Å². The minimum Gasteiger partial charge on any atom is -0.491 e. The molecular formula is C19H20ClNO3S. The Hall–Kier alpha value is -1.69. The van der Waals surface area contributed by atoms with Gasteiger partial charge in [-0.25, -0.2) is 0 Å². The minimum atomic E-state index is -0.749. The van der Waals surface area contributed by atoms with Crippen molar-refractivity contribution < 1.29 is 14.6 Å². The van der Waals surface area contributed by atoms with Crippen molar-refractivity contribution in [3.05, 3.63) is 53.6 Å². The van der Waals surface area contributed by atoms with Crippen molar-refractivity contribution >= 4 is 29.3 Å². The van der Waals surface area contributed by atoms with Gasteiger partial charge in [0.15, 0.2) is 0 Å². The van der Waals surface area contributed by atoms with E-state index in [-0.39, 0.29) is 6.04 Å². The second kappa shape index (κ2) is 8.61. The summed E-state index contributed by atoms with van der Waals surface area (Å²) in [5, 5.41) is 9.86. The highest BCUT2D eigenvalue weighted by Gasteiger charge is 2.29. The first kappa shape index (κ1) is 18.1. The molecular weight excluding hydrogens is 358 g/mol. The van der Waals surface area contributed by atoms with Crippen LogP contribution in [-0.2, 0) is 4.79 Å². The number of aliphatic carboxylic acids is 1. The van der Waals surface area contributed by atoms with Gasteiger partial charge in [0.1, 0.15) is 18.4 Å². The monoisotopic (exact) mass is 377 g/mol. The first-order chi connectivity index (χ1) is 12.1. The van der Waals surface area contributed by atoms with E-state index in [9.17, 15) is 9.90 Å². The summed E-state index contributed by atoms with van der Waals surface area (Å²) in [7, 11) is 0. The molecule has 1 N–H and O–H groups in total. The Morgan fingerprint density at radius 1 is 1.28 bits per heavy atom. The van der Waals surface area contributed by atoms with Crippen molar-refractivity contribution in [3.8, 4) is 5.75 Å². The van der Waals surface area contributed by atoms with Crippen LogP contribution in [0.5, 0.6) is 5.75 Å². The lowest BCUT2D eigenvalue weighted by atomic mass is 10.2. The van der Waals surface area contributed by atoms with Crippen LogP contribution in [-0.4, -0.2) is 41.7 Å². The van der Waals surface area contributed by atoms with E-state index in [2.05, 4.69) is 0 Å². The number of carbonyl (C=O) groups is 1. The number of benzene rings is 2. The molecule has 2 aromatic rings. The molecule has 2 aromatic carbocycles. The fraction of sp³-hybridized carbons (Fsp3) is 0.316. The minimum absolute atomic E-state index is 0.388. The number of rotatable bonds is 7. The summed E-state index contributed by atoms with van der Waals surface area (Å²) in [6, 6.07) is 15.3. The largest absolute Gasteiger partial charge is 0.491 e. The molecule has 1 unspecified atom stereocenters. The van der Waals surface area contributed by atoms with Crippen LogP contribution in [0.4, 0.5) is 0 Å². The topological polar surface area (TPSA) is 49.8 Å². The van der Waals surface area contributed by atoms with Crippen molar-refractivity contribution in [1.29, 1.82) is 0 Å². The number of carboxylic acids is 1. The van der Waals surface area contributed by atoms with E-state index in [0.717, 1.165) is 28.5 Å². The molecule has 4 nitrogen and oxygen atoms in total. The molecule has 3 rings (SSSR count). The van der Waals surface area contributed by atoms with Gasteiger partial charge >= 0.3 is 5.97 Å². The molecule has 0 amide bonds. The SMILES string of the molecule is O=C(O)C1CCCN1CCOc1cc(Cl)ccc1Sc1ccccc1. The maximum atomic E-state index is 11.2. The van der Waals surface area contributed by atoms with Crippen molar-refractivity contribution in [2.75, 3.05) is 19.7 Å². The van der Waals surface area contributed by atoms with Gasteiger partial charge in [0.05, 0.1) is 4.90 Å². The van der Waals surface area contributed by atoms with Gasteiger partial charge in [-0.05, 0) is 49.7 Å². The molecule has 1 fully saturated rings. The van der Waals surface area contributed by atoms with E-state index in [1.807, 2.05) is 53.4 Å². The molecule has 1 aliphatic heterocycles. The van der Waals surface area contributed by atoms with E-state index in [1.54, 1.807) is 11.8 Å². The van der Waals surface area contributed by atoms with E-state index in [1.165, 1.54) is 0 Å². The molecule has 0 aliphatic carbocycles. The van der Waals surface area contributed by atoms with Crippen LogP contribution in [0.25, 0.3) is 0 Å². The van der Waals surface area contributed by atoms with Gasteiger partial charge in [0.25, 0.3) is 0 Å². The van der Waals surface area contributed by atoms with Crippen LogP contribution in [0, 0.1) is 0 Å². The molecule has 1 aliphatic rings. The van der Waals surface area contributed by atoms with Crippen LogP contribution >= 0.6 is 23.4 Å². The van der Waals surface area contributed by atoms with Crippen LogP contribution in [0.2, 0.25) is 5.02 Å². The number of likely N-dealkylation sites (tertiary alicyclic amines) is 1. The van der Waals surface area contributed by atoms with Gasteiger partial charge in [-0.2, -0.15) is 0 Å². The van der Waals surface area contributed by atoms with Gasteiger partial charge in [-0.15, -0.1) is 0 Å². The molecule has 25 heavy (non-hydrogen) atoms. The highest BCUT2D eigenvalue weighted by atomic mass is 35.5. The summed E-state index contributed by atoms with van der Waals surface area (Å²) >= 11 is 7.73. The van der Waals surface area contributed by atoms with Crippen molar-refractivity contribution in [2.24, 2.45) is 0 Å². The van der Waals surface area contributed by atoms with Crippen LogP contribution in [0.1, 0.15) is 12.8 Å². The van der Waals surface area contributed by atoms with Crippen LogP contribution < -0.4 is 4.74 Å². The number of hydrogen-bond donors (Lipinski definition) is 1. The Morgan fingerprint density at radius 2 is 2.08 bits per heavy atom. The maximum absolute atomic E-state index is 11.2. The fourth-order valence-corrected chi connectivity index (χ4v) is 4.00. The molecule has 0 aromatic heterocycles. The average molecular weight is 378 g/mol. The number of halogens is 1. The normalized spacial score (nSPS) is 17.6. The smallest absolute Gasteiger partial charge is 0.320 e. The lowest BCUT2D eigenvalue weighted by molar-refractivity contribution is -0.142. The zero-order chi connectivity index (χ0) is 17.6. The van der Waals surface area contributed by atoms with Crippen molar-refractivity contribution in [2.45, 2.75) is 28.7 Å². The number of ether oxygens (including phenoxy) is 1. The van der Waals surface area contributed by atoms with Gasteiger partial charge in [0.2, 0.25) is 0 Å². The number of nitrogens with zero attached hydrogens (tertiary/aromatic N) is 1. The van der Waals surface area contributed by atoms with E-state index in [0.29, 0.717) is 24.6 Å². The molecule has 0 bridgehead atoms. The Kier molecular flexibility index (Phi) is 6.24. The second-order valence-corrected chi connectivity index (χ2v) is 7.44.